The van der Waals surface area contributed by atoms with Gasteiger partial charge in [-0.15, -0.1) is 0 Å². The van der Waals surface area contributed by atoms with Gasteiger partial charge < -0.3 is 5.32 Å². The molecule has 1 aromatic rings. The standard InChI is InChI=1S/C11H16ClN3O2/c1-3-5-8(4-2)14-11-10(12)6-9(7-13-11)15(16)17/h6-8H,3-5H2,1-2H3,(H,13,14). The van der Waals surface area contributed by atoms with E-state index >= 15 is 0 Å². The lowest BCUT2D eigenvalue weighted by Gasteiger charge is -2.17. The van der Waals surface area contributed by atoms with Crippen molar-refractivity contribution in [3.8, 4) is 0 Å². The molecule has 0 aliphatic carbocycles. The Labute approximate surface area is 105 Å². The number of nitrogens with one attached hydrogen (secondary N) is 1. The molecular formula is C11H16ClN3O2. The zero-order valence-electron chi connectivity index (χ0n) is 9.94. The van der Waals surface area contributed by atoms with Crippen LogP contribution in [0.5, 0.6) is 0 Å². The van der Waals surface area contributed by atoms with Crippen LogP contribution < -0.4 is 5.32 Å². The van der Waals surface area contributed by atoms with Crippen molar-refractivity contribution in [1.29, 1.82) is 0 Å². The molecule has 1 heterocycles. The van der Waals surface area contributed by atoms with Crippen molar-refractivity contribution in [2.45, 2.75) is 39.2 Å². The fraction of sp³-hybridized carbons (Fsp3) is 0.545. The van der Waals surface area contributed by atoms with Gasteiger partial charge in [0.1, 0.15) is 12.0 Å². The third-order valence-corrected chi connectivity index (χ3v) is 2.80. The smallest absolute Gasteiger partial charge is 0.289 e. The van der Waals surface area contributed by atoms with E-state index in [0.717, 1.165) is 19.3 Å². The molecule has 1 N–H and O–H groups in total. The quantitative estimate of drug-likeness (QED) is 0.624. The van der Waals surface area contributed by atoms with E-state index in [4.69, 9.17) is 11.6 Å². The highest BCUT2D eigenvalue weighted by Gasteiger charge is 2.13. The lowest BCUT2D eigenvalue weighted by Crippen LogP contribution is -2.19. The van der Waals surface area contributed by atoms with E-state index < -0.39 is 4.92 Å². The van der Waals surface area contributed by atoms with Gasteiger partial charge in [0.25, 0.3) is 5.69 Å². The lowest BCUT2D eigenvalue weighted by atomic mass is 10.1. The summed E-state index contributed by atoms with van der Waals surface area (Å²) < 4.78 is 0. The minimum absolute atomic E-state index is 0.0934. The van der Waals surface area contributed by atoms with Crippen molar-refractivity contribution in [3.63, 3.8) is 0 Å². The maximum Gasteiger partial charge on any atom is 0.289 e. The maximum absolute atomic E-state index is 10.5. The maximum atomic E-state index is 10.5. The minimum Gasteiger partial charge on any atom is -0.366 e. The largest absolute Gasteiger partial charge is 0.366 e. The van der Waals surface area contributed by atoms with E-state index in [1.54, 1.807) is 0 Å². The van der Waals surface area contributed by atoms with Gasteiger partial charge in [-0.3, -0.25) is 10.1 Å². The van der Waals surface area contributed by atoms with Gasteiger partial charge in [-0.2, -0.15) is 0 Å². The van der Waals surface area contributed by atoms with Crippen LogP contribution in [0.1, 0.15) is 33.1 Å². The average molecular weight is 258 g/mol. The Hall–Kier alpha value is -1.36. The van der Waals surface area contributed by atoms with Gasteiger partial charge in [-0.05, 0) is 12.8 Å². The molecule has 94 valence electrons. The van der Waals surface area contributed by atoms with Crippen LogP contribution in [0.3, 0.4) is 0 Å². The van der Waals surface area contributed by atoms with Crippen molar-refractivity contribution in [3.05, 3.63) is 27.4 Å². The van der Waals surface area contributed by atoms with Crippen LogP contribution in [-0.4, -0.2) is 15.9 Å². The zero-order chi connectivity index (χ0) is 12.8. The summed E-state index contributed by atoms with van der Waals surface area (Å²) in [6.45, 7) is 4.18. The zero-order valence-corrected chi connectivity index (χ0v) is 10.7. The third kappa shape index (κ3) is 3.85. The Bertz CT molecular complexity index is 398. The second kappa shape index (κ2) is 6.39. The minimum atomic E-state index is -0.508. The first-order valence-electron chi connectivity index (χ1n) is 5.64. The molecule has 1 unspecified atom stereocenters. The molecule has 0 bridgehead atoms. The first kappa shape index (κ1) is 13.7. The van der Waals surface area contributed by atoms with Gasteiger partial charge in [0.2, 0.25) is 0 Å². The number of nitrogens with zero attached hydrogens (tertiary/aromatic N) is 2. The van der Waals surface area contributed by atoms with Gasteiger partial charge in [0, 0.05) is 12.1 Å². The summed E-state index contributed by atoms with van der Waals surface area (Å²) in [6.07, 6.45) is 4.26. The molecule has 1 rings (SSSR count). The number of halogens is 1. The molecule has 0 aromatic carbocycles. The van der Waals surface area contributed by atoms with Crippen LogP contribution in [-0.2, 0) is 0 Å². The van der Waals surface area contributed by atoms with Crippen molar-refractivity contribution in [2.75, 3.05) is 5.32 Å². The molecule has 0 aliphatic rings. The molecule has 0 spiro atoms. The summed E-state index contributed by atoms with van der Waals surface area (Å²) in [4.78, 5) is 14.0. The molecule has 6 heteroatoms. The van der Waals surface area contributed by atoms with Gasteiger partial charge in [-0.25, -0.2) is 4.98 Å². The molecule has 5 nitrogen and oxygen atoms in total. The fourth-order valence-corrected chi connectivity index (χ4v) is 1.77. The Morgan fingerprint density at radius 3 is 2.76 bits per heavy atom. The van der Waals surface area contributed by atoms with Gasteiger partial charge in [-0.1, -0.05) is 31.9 Å². The van der Waals surface area contributed by atoms with Crippen LogP contribution in [0.4, 0.5) is 11.5 Å². The molecule has 1 aromatic heterocycles. The summed E-state index contributed by atoms with van der Waals surface area (Å²) in [5, 5.41) is 14.0. The Kier molecular flexibility index (Phi) is 5.15. The molecule has 0 saturated heterocycles. The highest BCUT2D eigenvalue weighted by molar-refractivity contribution is 6.33. The average Bonchev–Trinajstić information content (AvgIpc) is 2.30. The van der Waals surface area contributed by atoms with Gasteiger partial charge >= 0.3 is 0 Å². The van der Waals surface area contributed by atoms with E-state index in [-0.39, 0.29) is 10.7 Å². The third-order valence-electron chi connectivity index (χ3n) is 2.51. The summed E-state index contributed by atoms with van der Waals surface area (Å²) >= 11 is 5.95. The number of anilines is 1. The topological polar surface area (TPSA) is 68.1 Å². The normalized spacial score (nSPS) is 12.2. The first-order chi connectivity index (χ1) is 8.08. The van der Waals surface area contributed by atoms with Crippen LogP contribution in [0.2, 0.25) is 5.02 Å². The highest BCUT2D eigenvalue weighted by atomic mass is 35.5. The Morgan fingerprint density at radius 1 is 1.59 bits per heavy atom. The van der Waals surface area contributed by atoms with Crippen LogP contribution in [0.25, 0.3) is 0 Å². The van der Waals surface area contributed by atoms with Crippen LogP contribution in [0, 0.1) is 10.1 Å². The van der Waals surface area contributed by atoms with Crippen molar-refractivity contribution in [2.24, 2.45) is 0 Å². The van der Waals surface area contributed by atoms with Gasteiger partial charge in [0.05, 0.1) is 9.95 Å². The molecule has 0 amide bonds. The van der Waals surface area contributed by atoms with Crippen molar-refractivity contribution < 1.29 is 4.92 Å². The monoisotopic (exact) mass is 257 g/mol. The fourth-order valence-electron chi connectivity index (χ4n) is 1.55. The number of hydrogen-bond acceptors (Lipinski definition) is 4. The predicted octanol–water partition coefficient (Wildman–Crippen LogP) is 3.63. The number of nitro groups is 1. The second-order valence-electron chi connectivity index (χ2n) is 3.82. The summed E-state index contributed by atoms with van der Waals surface area (Å²) in [5.74, 6) is 0.512. The predicted molar refractivity (Wildman–Crippen MR) is 68.5 cm³/mol. The van der Waals surface area contributed by atoms with Crippen molar-refractivity contribution in [1.82, 2.24) is 4.98 Å². The molecule has 1 atom stereocenters. The molecule has 17 heavy (non-hydrogen) atoms. The second-order valence-corrected chi connectivity index (χ2v) is 4.23. The van der Waals surface area contributed by atoms with Crippen LogP contribution >= 0.6 is 11.6 Å². The van der Waals surface area contributed by atoms with Gasteiger partial charge in [0.15, 0.2) is 0 Å². The van der Waals surface area contributed by atoms with E-state index in [2.05, 4.69) is 24.1 Å². The SMILES string of the molecule is CCCC(CC)Nc1ncc([N+](=O)[O-])cc1Cl. The number of hydrogen-bond donors (Lipinski definition) is 1. The highest BCUT2D eigenvalue weighted by Crippen LogP contribution is 2.25. The molecule has 0 saturated carbocycles. The Morgan fingerprint density at radius 2 is 2.29 bits per heavy atom. The van der Waals surface area contributed by atoms with E-state index in [9.17, 15) is 10.1 Å². The number of aromatic nitrogens is 1. The van der Waals surface area contributed by atoms with E-state index in [1.165, 1.54) is 12.3 Å². The number of pyridine rings is 1. The summed E-state index contributed by atoms with van der Waals surface area (Å²) in [7, 11) is 0. The van der Waals surface area contributed by atoms with E-state index in [0.29, 0.717) is 11.9 Å². The van der Waals surface area contributed by atoms with Crippen molar-refractivity contribution >= 4 is 23.1 Å². The molecule has 0 aliphatic heterocycles. The molecular weight excluding hydrogens is 242 g/mol. The first-order valence-corrected chi connectivity index (χ1v) is 6.02. The molecule has 0 radical (unpaired) electrons. The summed E-state index contributed by atoms with van der Waals surface area (Å²) in [6, 6.07) is 1.61. The Balaban J connectivity index is 2.81. The van der Waals surface area contributed by atoms with E-state index in [1.807, 2.05) is 0 Å². The number of rotatable bonds is 6. The summed E-state index contributed by atoms with van der Waals surface area (Å²) in [5.41, 5.74) is -0.0934. The lowest BCUT2D eigenvalue weighted by molar-refractivity contribution is -0.385. The van der Waals surface area contributed by atoms with Crippen LogP contribution in [0.15, 0.2) is 12.3 Å². The molecule has 0 fully saturated rings.